The van der Waals surface area contributed by atoms with Crippen LogP contribution < -0.4 is 5.32 Å². The Bertz CT molecular complexity index is 558. The van der Waals surface area contributed by atoms with Crippen LogP contribution in [0.1, 0.15) is 31.5 Å². The molecule has 0 aliphatic rings. The topological polar surface area (TPSA) is 58.3 Å². The highest BCUT2D eigenvalue weighted by Crippen LogP contribution is 2.20. The second-order valence-electron chi connectivity index (χ2n) is 6.25. The van der Waals surface area contributed by atoms with Gasteiger partial charge in [0.25, 0.3) is 0 Å². The fraction of sp³-hybridized carbons (Fsp3) is 0.471. The third kappa shape index (κ3) is 4.69. The minimum atomic E-state index is 0.0816. The van der Waals surface area contributed by atoms with Crippen LogP contribution >= 0.6 is 0 Å². The number of aliphatic hydroxyl groups excluding tert-OH is 1. The van der Waals surface area contributed by atoms with Crippen molar-refractivity contribution in [2.24, 2.45) is 5.41 Å². The number of oxazole rings is 1. The van der Waals surface area contributed by atoms with Crippen LogP contribution in [0.4, 0.5) is 0 Å². The van der Waals surface area contributed by atoms with Gasteiger partial charge in [-0.2, -0.15) is 0 Å². The van der Waals surface area contributed by atoms with E-state index in [-0.39, 0.29) is 12.0 Å². The molecule has 0 radical (unpaired) electrons. The summed E-state index contributed by atoms with van der Waals surface area (Å²) in [5, 5.41) is 12.4. The van der Waals surface area contributed by atoms with Crippen LogP contribution in [0.5, 0.6) is 0 Å². The van der Waals surface area contributed by atoms with Crippen LogP contribution in [0.2, 0.25) is 0 Å². The molecule has 2 rings (SSSR count). The minimum Gasteiger partial charge on any atom is -0.444 e. The van der Waals surface area contributed by atoms with E-state index in [0.29, 0.717) is 12.4 Å². The molecule has 0 aliphatic heterocycles. The molecular formula is C17H24N2O2. The molecule has 0 spiro atoms. The van der Waals surface area contributed by atoms with Crippen LogP contribution in [-0.2, 0) is 6.54 Å². The van der Waals surface area contributed by atoms with Crippen LogP contribution in [0.15, 0.2) is 34.9 Å². The lowest BCUT2D eigenvalue weighted by Gasteiger charge is -2.23. The number of rotatable bonds is 7. The Kier molecular flexibility index (Phi) is 5.15. The van der Waals surface area contributed by atoms with E-state index in [9.17, 15) is 0 Å². The Hall–Kier alpha value is -1.65. The smallest absolute Gasteiger partial charge is 0.226 e. The van der Waals surface area contributed by atoms with Crippen LogP contribution in [0.25, 0.3) is 11.5 Å². The maximum atomic E-state index is 9.01. The number of benzene rings is 1. The Morgan fingerprint density at radius 1 is 1.24 bits per heavy atom. The summed E-state index contributed by atoms with van der Waals surface area (Å²) in [5.74, 6) is 0.654. The van der Waals surface area contributed by atoms with Gasteiger partial charge < -0.3 is 14.8 Å². The van der Waals surface area contributed by atoms with Gasteiger partial charge >= 0.3 is 0 Å². The second-order valence-corrected chi connectivity index (χ2v) is 6.25. The van der Waals surface area contributed by atoms with Crippen molar-refractivity contribution in [2.75, 3.05) is 13.2 Å². The summed E-state index contributed by atoms with van der Waals surface area (Å²) in [6.45, 7) is 8.05. The van der Waals surface area contributed by atoms with Crippen LogP contribution in [0.3, 0.4) is 0 Å². The molecule has 2 aromatic rings. The van der Waals surface area contributed by atoms with Crippen molar-refractivity contribution in [1.82, 2.24) is 10.3 Å². The number of nitrogens with one attached hydrogen (secondary N) is 1. The van der Waals surface area contributed by atoms with Crippen molar-refractivity contribution < 1.29 is 9.52 Å². The van der Waals surface area contributed by atoms with Gasteiger partial charge in [-0.05, 0) is 30.9 Å². The van der Waals surface area contributed by atoms with E-state index in [1.807, 2.05) is 12.1 Å². The van der Waals surface area contributed by atoms with E-state index < -0.39 is 0 Å². The minimum absolute atomic E-state index is 0.0816. The molecule has 0 atom stereocenters. The molecule has 0 unspecified atom stereocenters. The first-order valence-electron chi connectivity index (χ1n) is 7.33. The molecule has 4 heteroatoms. The highest BCUT2D eigenvalue weighted by molar-refractivity contribution is 5.53. The average molecular weight is 288 g/mol. The van der Waals surface area contributed by atoms with Crippen LogP contribution in [0, 0.1) is 12.3 Å². The third-order valence-corrected chi connectivity index (χ3v) is 3.55. The molecule has 0 saturated carbocycles. The zero-order chi connectivity index (χ0) is 15.3. The third-order valence-electron chi connectivity index (χ3n) is 3.55. The van der Waals surface area contributed by atoms with Gasteiger partial charge in [-0.3, -0.25) is 0 Å². The number of hydrogen-bond acceptors (Lipinski definition) is 4. The van der Waals surface area contributed by atoms with Gasteiger partial charge in [0.05, 0.1) is 5.69 Å². The summed E-state index contributed by atoms with van der Waals surface area (Å²) in [6.07, 6.45) is 2.48. The monoisotopic (exact) mass is 288 g/mol. The van der Waals surface area contributed by atoms with Gasteiger partial charge in [0.15, 0.2) is 0 Å². The fourth-order valence-corrected chi connectivity index (χ4v) is 2.14. The molecule has 2 N–H and O–H groups in total. The largest absolute Gasteiger partial charge is 0.444 e. The molecular weight excluding hydrogens is 264 g/mol. The summed E-state index contributed by atoms with van der Waals surface area (Å²) in [6, 6.07) is 8.13. The number of aliphatic hydroxyl groups is 1. The summed E-state index contributed by atoms with van der Waals surface area (Å²) in [4.78, 5) is 4.50. The molecule has 0 fully saturated rings. The average Bonchev–Trinajstić information content (AvgIpc) is 2.88. The number of aryl methyl sites for hydroxylation is 1. The summed E-state index contributed by atoms with van der Waals surface area (Å²) >= 11 is 0. The molecule has 114 valence electrons. The SMILES string of the molecule is Cc1ccc(-c2nc(CNCC(C)(C)CCO)co2)cc1. The van der Waals surface area contributed by atoms with E-state index in [0.717, 1.165) is 24.2 Å². The lowest BCUT2D eigenvalue weighted by molar-refractivity contribution is 0.207. The molecule has 1 aromatic heterocycles. The molecule has 1 aromatic carbocycles. The van der Waals surface area contributed by atoms with Crippen molar-refractivity contribution in [3.63, 3.8) is 0 Å². The first kappa shape index (κ1) is 15.7. The van der Waals surface area contributed by atoms with E-state index >= 15 is 0 Å². The van der Waals surface area contributed by atoms with Gasteiger partial charge in [-0.1, -0.05) is 31.5 Å². The van der Waals surface area contributed by atoms with Gasteiger partial charge in [0.1, 0.15) is 6.26 Å². The van der Waals surface area contributed by atoms with E-state index in [1.165, 1.54) is 5.56 Å². The molecule has 21 heavy (non-hydrogen) atoms. The second kappa shape index (κ2) is 6.87. The summed E-state index contributed by atoms with van der Waals surface area (Å²) < 4.78 is 5.53. The van der Waals surface area contributed by atoms with Gasteiger partial charge in [0.2, 0.25) is 5.89 Å². The molecule has 0 aliphatic carbocycles. The molecule has 4 nitrogen and oxygen atoms in total. The van der Waals surface area contributed by atoms with Crippen molar-refractivity contribution in [3.8, 4) is 11.5 Å². The standard InChI is InChI=1S/C17H24N2O2/c1-13-4-6-14(7-5-13)16-19-15(11-21-16)10-18-12-17(2,3)8-9-20/h4-7,11,18,20H,8-10,12H2,1-3H3. The number of nitrogens with zero attached hydrogens (tertiary/aromatic N) is 1. The molecule has 0 saturated heterocycles. The van der Waals surface area contributed by atoms with E-state index in [1.54, 1.807) is 6.26 Å². The van der Waals surface area contributed by atoms with E-state index in [4.69, 9.17) is 9.52 Å². The molecule has 1 heterocycles. The normalized spacial score (nSPS) is 11.8. The lowest BCUT2D eigenvalue weighted by atomic mass is 9.90. The Balaban J connectivity index is 1.90. The van der Waals surface area contributed by atoms with Crippen molar-refractivity contribution in [3.05, 3.63) is 41.8 Å². The predicted molar refractivity (Wildman–Crippen MR) is 83.9 cm³/mol. The number of hydrogen-bond donors (Lipinski definition) is 2. The highest BCUT2D eigenvalue weighted by atomic mass is 16.3. The van der Waals surface area contributed by atoms with Gasteiger partial charge in [0, 0.05) is 25.3 Å². The number of aromatic nitrogens is 1. The zero-order valence-corrected chi connectivity index (χ0v) is 13.0. The first-order chi connectivity index (χ1) is 10.00. The molecule has 0 amide bonds. The van der Waals surface area contributed by atoms with Crippen molar-refractivity contribution in [2.45, 2.75) is 33.7 Å². The van der Waals surface area contributed by atoms with Gasteiger partial charge in [-0.15, -0.1) is 0 Å². The maximum Gasteiger partial charge on any atom is 0.226 e. The predicted octanol–water partition coefficient (Wildman–Crippen LogP) is 3.15. The highest BCUT2D eigenvalue weighted by Gasteiger charge is 2.16. The van der Waals surface area contributed by atoms with Crippen molar-refractivity contribution in [1.29, 1.82) is 0 Å². The van der Waals surface area contributed by atoms with Crippen LogP contribution in [-0.4, -0.2) is 23.2 Å². The van der Waals surface area contributed by atoms with Crippen molar-refractivity contribution >= 4 is 0 Å². The van der Waals surface area contributed by atoms with E-state index in [2.05, 4.69) is 43.2 Å². The fourth-order valence-electron chi connectivity index (χ4n) is 2.14. The maximum absolute atomic E-state index is 9.01. The van der Waals surface area contributed by atoms with Gasteiger partial charge in [-0.25, -0.2) is 4.98 Å². The Morgan fingerprint density at radius 2 is 1.95 bits per heavy atom. The Labute approximate surface area is 126 Å². The first-order valence-corrected chi connectivity index (χ1v) is 7.33. The summed E-state index contributed by atoms with van der Waals surface area (Å²) in [7, 11) is 0. The zero-order valence-electron chi connectivity index (χ0n) is 13.0. The quantitative estimate of drug-likeness (QED) is 0.821. The summed E-state index contributed by atoms with van der Waals surface area (Å²) in [5.41, 5.74) is 3.19. The molecule has 0 bridgehead atoms. The lowest BCUT2D eigenvalue weighted by Crippen LogP contribution is -2.29. The Morgan fingerprint density at radius 3 is 2.62 bits per heavy atom.